The van der Waals surface area contributed by atoms with Crippen LogP contribution in [0.4, 0.5) is 0 Å². The van der Waals surface area contributed by atoms with E-state index in [4.69, 9.17) is 4.42 Å². The second-order valence-corrected chi connectivity index (χ2v) is 9.46. The van der Waals surface area contributed by atoms with Crippen molar-refractivity contribution in [3.05, 3.63) is 39.7 Å². The molecule has 0 amide bonds. The lowest BCUT2D eigenvalue weighted by atomic mass is 10.1. The molecule has 154 valence electrons. The molecular formula is C20H28N2O5S. The van der Waals surface area contributed by atoms with Crippen molar-refractivity contribution in [1.82, 2.24) is 9.21 Å². The van der Waals surface area contributed by atoms with E-state index in [1.54, 1.807) is 23.4 Å². The van der Waals surface area contributed by atoms with Crippen LogP contribution in [-0.4, -0.2) is 54.7 Å². The number of phenols is 1. The molecule has 0 saturated carbocycles. The molecule has 0 unspecified atom stereocenters. The van der Waals surface area contributed by atoms with Gasteiger partial charge in [0.05, 0.1) is 5.75 Å². The summed E-state index contributed by atoms with van der Waals surface area (Å²) in [7, 11) is -3.19. The van der Waals surface area contributed by atoms with Crippen LogP contribution in [0.3, 0.4) is 0 Å². The second-order valence-electron chi connectivity index (χ2n) is 7.38. The minimum absolute atomic E-state index is 0.0923. The van der Waals surface area contributed by atoms with Crippen molar-refractivity contribution in [2.24, 2.45) is 0 Å². The zero-order valence-corrected chi connectivity index (χ0v) is 17.3. The Hall–Kier alpha value is -1.90. The van der Waals surface area contributed by atoms with Crippen molar-refractivity contribution >= 4 is 21.0 Å². The first kappa shape index (κ1) is 20.8. The summed E-state index contributed by atoms with van der Waals surface area (Å²) in [6.45, 7) is 6.48. The minimum Gasteiger partial charge on any atom is -0.508 e. The van der Waals surface area contributed by atoms with Gasteiger partial charge in [0.25, 0.3) is 0 Å². The molecule has 1 fully saturated rings. The lowest BCUT2D eigenvalue weighted by molar-refractivity contribution is 0.182. The van der Waals surface area contributed by atoms with E-state index in [9.17, 15) is 18.3 Å². The van der Waals surface area contributed by atoms with Gasteiger partial charge < -0.3 is 9.52 Å². The molecule has 1 aromatic carbocycles. The lowest BCUT2D eigenvalue weighted by Crippen LogP contribution is -2.48. The van der Waals surface area contributed by atoms with Crippen molar-refractivity contribution in [3.8, 4) is 5.75 Å². The Morgan fingerprint density at radius 1 is 1.14 bits per heavy atom. The first-order chi connectivity index (χ1) is 13.3. The number of unbranched alkanes of at least 4 members (excludes halogenated alkanes) is 2. The van der Waals surface area contributed by atoms with Gasteiger partial charge in [0.15, 0.2) is 0 Å². The molecule has 0 radical (unpaired) electrons. The smallest absolute Gasteiger partial charge is 0.336 e. The van der Waals surface area contributed by atoms with E-state index in [1.807, 2.05) is 0 Å². The first-order valence-corrected chi connectivity index (χ1v) is 11.4. The van der Waals surface area contributed by atoms with Crippen molar-refractivity contribution in [2.45, 2.75) is 39.7 Å². The van der Waals surface area contributed by atoms with Crippen molar-refractivity contribution in [2.75, 3.05) is 31.9 Å². The number of benzene rings is 1. The van der Waals surface area contributed by atoms with E-state index in [-0.39, 0.29) is 11.5 Å². The summed E-state index contributed by atoms with van der Waals surface area (Å²) in [5.74, 6) is 0.309. The zero-order chi connectivity index (χ0) is 20.3. The van der Waals surface area contributed by atoms with Crippen LogP contribution in [0.2, 0.25) is 0 Å². The van der Waals surface area contributed by atoms with Gasteiger partial charge >= 0.3 is 5.63 Å². The predicted octanol–water partition coefficient (Wildman–Crippen LogP) is 2.44. The molecule has 3 rings (SSSR count). The number of hydrogen-bond acceptors (Lipinski definition) is 6. The summed E-state index contributed by atoms with van der Waals surface area (Å²) < 4.78 is 31.8. The fourth-order valence-electron chi connectivity index (χ4n) is 3.62. The number of fused-ring (bicyclic) bond motifs is 1. The zero-order valence-electron chi connectivity index (χ0n) is 16.5. The fraction of sp³-hybridized carbons (Fsp3) is 0.550. The summed E-state index contributed by atoms with van der Waals surface area (Å²) in [6.07, 6.45) is 2.63. The Bertz CT molecular complexity index is 992. The summed E-state index contributed by atoms with van der Waals surface area (Å²) in [5, 5.41) is 10.7. The number of phenolic OH excluding ortho intramolecular Hbond substituents is 1. The maximum absolute atomic E-state index is 12.4. The summed E-state index contributed by atoms with van der Waals surface area (Å²) in [4.78, 5) is 14.1. The van der Waals surface area contributed by atoms with Crippen LogP contribution in [0, 0.1) is 6.92 Å². The quantitative estimate of drug-likeness (QED) is 0.559. The van der Waals surface area contributed by atoms with Crippen LogP contribution >= 0.6 is 0 Å². The molecule has 1 aliphatic rings. The van der Waals surface area contributed by atoms with Crippen molar-refractivity contribution in [3.63, 3.8) is 0 Å². The molecule has 28 heavy (non-hydrogen) atoms. The average molecular weight is 409 g/mol. The highest BCUT2D eigenvalue weighted by Gasteiger charge is 2.26. The van der Waals surface area contributed by atoms with Crippen LogP contribution in [0.15, 0.2) is 27.4 Å². The van der Waals surface area contributed by atoms with Crippen LogP contribution in [-0.2, 0) is 16.6 Å². The van der Waals surface area contributed by atoms with E-state index < -0.39 is 15.6 Å². The van der Waals surface area contributed by atoms with E-state index in [2.05, 4.69) is 11.8 Å². The summed E-state index contributed by atoms with van der Waals surface area (Å²) in [5.41, 5.74) is 1.32. The van der Waals surface area contributed by atoms with Gasteiger partial charge in [-0.1, -0.05) is 19.8 Å². The average Bonchev–Trinajstić information content (AvgIpc) is 2.65. The van der Waals surface area contributed by atoms with Crippen LogP contribution in [0.5, 0.6) is 5.75 Å². The largest absolute Gasteiger partial charge is 0.508 e. The van der Waals surface area contributed by atoms with Gasteiger partial charge in [0.2, 0.25) is 10.0 Å². The van der Waals surface area contributed by atoms with Gasteiger partial charge in [0.1, 0.15) is 11.3 Å². The minimum atomic E-state index is -3.19. The molecule has 8 heteroatoms. The van der Waals surface area contributed by atoms with E-state index in [0.717, 1.165) is 23.8 Å². The van der Waals surface area contributed by atoms with Gasteiger partial charge in [-0.15, -0.1) is 0 Å². The highest BCUT2D eigenvalue weighted by molar-refractivity contribution is 7.89. The first-order valence-electron chi connectivity index (χ1n) is 9.77. The normalized spacial score (nSPS) is 16.6. The van der Waals surface area contributed by atoms with Gasteiger partial charge in [-0.25, -0.2) is 13.2 Å². The van der Waals surface area contributed by atoms with Crippen LogP contribution < -0.4 is 5.63 Å². The molecule has 0 bridgehead atoms. The molecule has 0 aliphatic carbocycles. The number of piperazine rings is 1. The molecule has 2 heterocycles. The third kappa shape index (κ3) is 4.56. The predicted molar refractivity (Wildman–Crippen MR) is 109 cm³/mol. The SMILES string of the molecule is CCCCCS(=O)(=O)N1CCN(Cc2cc(=O)oc3c(C)c(O)ccc23)CC1. The summed E-state index contributed by atoms with van der Waals surface area (Å²) >= 11 is 0. The molecule has 1 saturated heterocycles. The van der Waals surface area contributed by atoms with E-state index >= 15 is 0 Å². The Kier molecular flexibility index (Phi) is 6.42. The number of hydrogen-bond donors (Lipinski definition) is 1. The maximum atomic E-state index is 12.4. The Balaban J connectivity index is 1.70. The molecule has 1 aromatic heterocycles. The third-order valence-corrected chi connectivity index (χ3v) is 7.30. The molecule has 0 spiro atoms. The monoisotopic (exact) mass is 408 g/mol. The summed E-state index contributed by atoms with van der Waals surface area (Å²) in [6, 6.07) is 4.83. The molecule has 0 atom stereocenters. The van der Waals surface area contributed by atoms with Gasteiger partial charge in [0, 0.05) is 49.7 Å². The molecule has 1 aliphatic heterocycles. The van der Waals surface area contributed by atoms with E-state index in [1.165, 1.54) is 6.07 Å². The number of rotatable bonds is 7. The highest BCUT2D eigenvalue weighted by Crippen LogP contribution is 2.28. The highest BCUT2D eigenvalue weighted by atomic mass is 32.2. The Morgan fingerprint density at radius 3 is 2.54 bits per heavy atom. The van der Waals surface area contributed by atoms with Crippen molar-refractivity contribution in [1.29, 1.82) is 0 Å². The van der Waals surface area contributed by atoms with Gasteiger partial charge in [-0.05, 0) is 31.0 Å². The lowest BCUT2D eigenvalue weighted by Gasteiger charge is -2.34. The maximum Gasteiger partial charge on any atom is 0.336 e. The number of sulfonamides is 1. The Morgan fingerprint density at radius 2 is 1.86 bits per heavy atom. The van der Waals surface area contributed by atoms with Gasteiger partial charge in [-0.3, -0.25) is 4.90 Å². The number of aryl methyl sites for hydroxylation is 1. The van der Waals surface area contributed by atoms with E-state index in [0.29, 0.717) is 50.3 Å². The Labute approximate surface area is 165 Å². The fourth-order valence-corrected chi connectivity index (χ4v) is 5.16. The molecule has 7 nitrogen and oxygen atoms in total. The van der Waals surface area contributed by atoms with Crippen LogP contribution in [0.25, 0.3) is 11.0 Å². The molecular weight excluding hydrogens is 380 g/mol. The van der Waals surface area contributed by atoms with Gasteiger partial charge in [-0.2, -0.15) is 4.31 Å². The van der Waals surface area contributed by atoms with Crippen LogP contribution in [0.1, 0.15) is 37.3 Å². The standard InChI is InChI=1S/C20H28N2O5S/c1-3-4-5-12-28(25,26)22-10-8-21(9-11-22)14-16-13-19(24)27-20-15(2)18(23)7-6-17(16)20/h6-7,13,23H,3-5,8-12,14H2,1-2H3. The topological polar surface area (TPSA) is 91.1 Å². The molecule has 2 aromatic rings. The second kappa shape index (κ2) is 8.63. The van der Waals surface area contributed by atoms with Crippen molar-refractivity contribution < 1.29 is 17.9 Å². The third-order valence-electron chi connectivity index (χ3n) is 5.34. The number of nitrogens with zero attached hydrogens (tertiary/aromatic N) is 2. The number of aromatic hydroxyl groups is 1. The molecule has 1 N–H and O–H groups in total.